The van der Waals surface area contributed by atoms with Crippen LogP contribution in [-0.2, 0) is 0 Å². The predicted octanol–water partition coefficient (Wildman–Crippen LogP) is 3.31. The summed E-state index contributed by atoms with van der Waals surface area (Å²) in [6.45, 7) is 0.351. The standard InChI is InChI=1S/C14H18F3NO2/c1-19-10-3-4-11(13(8-10)20-2)12-7-9(5-6-18-12)14(15,16)17/h3-4,8-9,12,18H,5-7H2,1-2H3. The van der Waals surface area contributed by atoms with Crippen LogP contribution >= 0.6 is 0 Å². The fourth-order valence-electron chi connectivity index (χ4n) is 2.56. The van der Waals surface area contributed by atoms with E-state index in [1.807, 2.05) is 0 Å². The van der Waals surface area contributed by atoms with Crippen LogP contribution in [-0.4, -0.2) is 26.9 Å². The number of nitrogens with one attached hydrogen (secondary N) is 1. The van der Waals surface area contributed by atoms with Gasteiger partial charge < -0.3 is 14.8 Å². The molecule has 6 heteroatoms. The second-order valence-electron chi connectivity index (χ2n) is 4.88. The fraction of sp³-hybridized carbons (Fsp3) is 0.571. The number of ether oxygens (including phenoxy) is 2. The number of hydrogen-bond donors (Lipinski definition) is 1. The van der Waals surface area contributed by atoms with Crippen molar-refractivity contribution in [2.45, 2.75) is 25.1 Å². The Bertz CT molecular complexity index is 462. The Morgan fingerprint density at radius 1 is 1.20 bits per heavy atom. The Hall–Kier alpha value is -1.43. The summed E-state index contributed by atoms with van der Waals surface area (Å²) in [6, 6.07) is 4.83. The van der Waals surface area contributed by atoms with E-state index in [2.05, 4.69) is 5.32 Å². The zero-order valence-corrected chi connectivity index (χ0v) is 11.5. The van der Waals surface area contributed by atoms with E-state index in [1.54, 1.807) is 18.2 Å². The van der Waals surface area contributed by atoms with Crippen molar-refractivity contribution in [2.24, 2.45) is 5.92 Å². The van der Waals surface area contributed by atoms with Crippen LogP contribution in [0, 0.1) is 5.92 Å². The van der Waals surface area contributed by atoms with Crippen LogP contribution in [0.3, 0.4) is 0 Å². The lowest BCUT2D eigenvalue weighted by molar-refractivity contribution is -0.183. The Morgan fingerprint density at radius 2 is 1.95 bits per heavy atom. The molecule has 1 saturated heterocycles. The van der Waals surface area contributed by atoms with Crippen molar-refractivity contribution < 1.29 is 22.6 Å². The molecule has 2 unspecified atom stereocenters. The highest BCUT2D eigenvalue weighted by molar-refractivity contribution is 5.42. The zero-order chi connectivity index (χ0) is 14.8. The summed E-state index contributed by atoms with van der Waals surface area (Å²) in [5.74, 6) is -0.0981. The summed E-state index contributed by atoms with van der Waals surface area (Å²) >= 11 is 0. The van der Waals surface area contributed by atoms with Gasteiger partial charge in [-0.2, -0.15) is 13.2 Å². The van der Waals surface area contributed by atoms with Crippen molar-refractivity contribution in [3.05, 3.63) is 23.8 Å². The lowest BCUT2D eigenvalue weighted by atomic mass is 9.88. The third kappa shape index (κ3) is 3.17. The summed E-state index contributed by atoms with van der Waals surface area (Å²) in [7, 11) is 3.04. The summed E-state index contributed by atoms with van der Waals surface area (Å²) in [6.07, 6.45) is -3.98. The number of alkyl halides is 3. The first-order valence-electron chi connectivity index (χ1n) is 6.47. The molecule has 20 heavy (non-hydrogen) atoms. The van der Waals surface area contributed by atoms with E-state index >= 15 is 0 Å². The van der Waals surface area contributed by atoms with Gasteiger partial charge in [0.2, 0.25) is 0 Å². The normalized spacial score (nSPS) is 23.4. The Kier molecular flexibility index (Phi) is 4.42. The lowest BCUT2D eigenvalue weighted by Crippen LogP contribution is -2.38. The molecular weight excluding hydrogens is 271 g/mol. The molecule has 0 bridgehead atoms. The molecule has 1 fully saturated rings. The molecule has 1 heterocycles. The van der Waals surface area contributed by atoms with Gasteiger partial charge in [0, 0.05) is 17.7 Å². The lowest BCUT2D eigenvalue weighted by Gasteiger charge is -2.32. The largest absolute Gasteiger partial charge is 0.497 e. The van der Waals surface area contributed by atoms with Gasteiger partial charge >= 0.3 is 6.18 Å². The number of piperidine rings is 1. The van der Waals surface area contributed by atoms with Crippen LogP contribution in [0.15, 0.2) is 18.2 Å². The van der Waals surface area contributed by atoms with Crippen LogP contribution in [0.2, 0.25) is 0 Å². The van der Waals surface area contributed by atoms with Gasteiger partial charge in [0.25, 0.3) is 0 Å². The first kappa shape index (κ1) is 15.0. The molecule has 112 valence electrons. The van der Waals surface area contributed by atoms with Gasteiger partial charge in [-0.1, -0.05) is 6.07 Å². The van der Waals surface area contributed by atoms with Gasteiger partial charge in [-0.15, -0.1) is 0 Å². The molecule has 2 atom stereocenters. The highest BCUT2D eigenvalue weighted by Gasteiger charge is 2.42. The van der Waals surface area contributed by atoms with E-state index in [1.165, 1.54) is 14.2 Å². The van der Waals surface area contributed by atoms with E-state index in [4.69, 9.17) is 9.47 Å². The average Bonchev–Trinajstić information content (AvgIpc) is 2.45. The number of rotatable bonds is 3. The minimum Gasteiger partial charge on any atom is -0.497 e. The maximum absolute atomic E-state index is 12.9. The average molecular weight is 289 g/mol. The molecule has 2 rings (SSSR count). The topological polar surface area (TPSA) is 30.5 Å². The second kappa shape index (κ2) is 5.91. The van der Waals surface area contributed by atoms with E-state index < -0.39 is 12.1 Å². The molecule has 0 spiro atoms. The molecule has 0 aromatic heterocycles. The third-order valence-corrected chi connectivity index (χ3v) is 3.68. The number of benzene rings is 1. The van der Waals surface area contributed by atoms with Gasteiger partial charge in [-0.25, -0.2) is 0 Å². The van der Waals surface area contributed by atoms with Crippen molar-refractivity contribution in [3.8, 4) is 11.5 Å². The molecule has 0 aliphatic carbocycles. The summed E-state index contributed by atoms with van der Waals surface area (Å²) in [5, 5.41) is 3.13. The molecule has 0 radical (unpaired) electrons. The van der Waals surface area contributed by atoms with Crippen LogP contribution < -0.4 is 14.8 Å². The Morgan fingerprint density at radius 3 is 2.55 bits per heavy atom. The van der Waals surface area contributed by atoms with Crippen molar-refractivity contribution in [2.75, 3.05) is 20.8 Å². The molecular formula is C14H18F3NO2. The Balaban J connectivity index is 2.22. The molecule has 1 N–H and O–H groups in total. The highest BCUT2D eigenvalue weighted by Crippen LogP contribution is 2.40. The molecule has 1 aliphatic rings. The van der Waals surface area contributed by atoms with Crippen molar-refractivity contribution in [1.82, 2.24) is 5.32 Å². The van der Waals surface area contributed by atoms with Crippen molar-refractivity contribution in [3.63, 3.8) is 0 Å². The molecule has 0 amide bonds. The minimum atomic E-state index is -4.14. The Labute approximate surface area is 116 Å². The molecule has 1 aromatic rings. The van der Waals surface area contributed by atoms with Crippen molar-refractivity contribution in [1.29, 1.82) is 0 Å². The number of hydrogen-bond acceptors (Lipinski definition) is 3. The van der Waals surface area contributed by atoms with Gasteiger partial charge in [-0.3, -0.25) is 0 Å². The van der Waals surface area contributed by atoms with Crippen LogP contribution in [0.4, 0.5) is 13.2 Å². The first-order valence-corrected chi connectivity index (χ1v) is 6.47. The number of methoxy groups -OCH3 is 2. The summed E-state index contributed by atoms with van der Waals surface area (Å²) in [4.78, 5) is 0. The van der Waals surface area contributed by atoms with E-state index in [0.717, 1.165) is 5.56 Å². The van der Waals surface area contributed by atoms with Crippen LogP contribution in [0.5, 0.6) is 11.5 Å². The molecule has 0 saturated carbocycles. The monoisotopic (exact) mass is 289 g/mol. The fourth-order valence-corrected chi connectivity index (χ4v) is 2.56. The minimum absolute atomic E-state index is 0.0339. The first-order chi connectivity index (χ1) is 9.45. The number of halogens is 3. The van der Waals surface area contributed by atoms with Gasteiger partial charge in [0.1, 0.15) is 11.5 Å². The van der Waals surface area contributed by atoms with E-state index in [0.29, 0.717) is 18.0 Å². The second-order valence-corrected chi connectivity index (χ2v) is 4.88. The molecule has 1 aromatic carbocycles. The quantitative estimate of drug-likeness (QED) is 0.926. The van der Waals surface area contributed by atoms with E-state index in [-0.39, 0.29) is 18.9 Å². The SMILES string of the molecule is COc1ccc(C2CC(C(F)(F)F)CCN2)c(OC)c1. The summed E-state index contributed by atoms with van der Waals surface area (Å²) in [5.41, 5.74) is 0.738. The smallest absolute Gasteiger partial charge is 0.391 e. The van der Waals surface area contributed by atoms with E-state index in [9.17, 15) is 13.2 Å². The molecule has 1 aliphatic heterocycles. The van der Waals surface area contributed by atoms with Gasteiger partial charge in [0.15, 0.2) is 0 Å². The van der Waals surface area contributed by atoms with Gasteiger partial charge in [0.05, 0.1) is 20.1 Å². The maximum atomic E-state index is 12.9. The summed E-state index contributed by atoms with van der Waals surface area (Å²) < 4.78 is 48.9. The van der Waals surface area contributed by atoms with Crippen LogP contribution in [0.1, 0.15) is 24.4 Å². The third-order valence-electron chi connectivity index (χ3n) is 3.68. The van der Waals surface area contributed by atoms with Gasteiger partial charge in [-0.05, 0) is 25.5 Å². The zero-order valence-electron chi connectivity index (χ0n) is 11.5. The maximum Gasteiger partial charge on any atom is 0.391 e. The highest BCUT2D eigenvalue weighted by atomic mass is 19.4. The van der Waals surface area contributed by atoms with Crippen molar-refractivity contribution >= 4 is 0 Å². The van der Waals surface area contributed by atoms with Crippen LogP contribution in [0.25, 0.3) is 0 Å². The predicted molar refractivity (Wildman–Crippen MR) is 69.1 cm³/mol. The molecule has 3 nitrogen and oxygen atoms in total.